The Morgan fingerprint density at radius 1 is 1.20 bits per heavy atom. The minimum atomic E-state index is -0.961. The van der Waals surface area contributed by atoms with Crippen LogP contribution in [0, 0.1) is 18.3 Å². The van der Waals surface area contributed by atoms with Gasteiger partial charge in [0.25, 0.3) is 0 Å². The number of carbonyl (C=O) groups is 1. The SMILES string of the molecule is COc1ccc(C#N)cc1-c1ccc(C(=O)O)cc1C. The molecule has 4 nitrogen and oxygen atoms in total. The van der Waals surface area contributed by atoms with E-state index in [0.717, 1.165) is 16.7 Å². The van der Waals surface area contributed by atoms with Crippen LogP contribution >= 0.6 is 0 Å². The molecule has 0 atom stereocenters. The summed E-state index contributed by atoms with van der Waals surface area (Å²) in [6.07, 6.45) is 0. The fourth-order valence-electron chi connectivity index (χ4n) is 2.09. The zero-order chi connectivity index (χ0) is 14.7. The first kappa shape index (κ1) is 13.6. The molecule has 20 heavy (non-hydrogen) atoms. The van der Waals surface area contributed by atoms with Crippen LogP contribution in [0.4, 0.5) is 0 Å². The van der Waals surface area contributed by atoms with Gasteiger partial charge >= 0.3 is 5.97 Å². The normalized spacial score (nSPS) is 9.85. The number of hydrogen-bond donors (Lipinski definition) is 1. The topological polar surface area (TPSA) is 70.3 Å². The number of hydrogen-bond acceptors (Lipinski definition) is 3. The molecule has 0 bridgehead atoms. The standard InChI is InChI=1S/C16H13NO3/c1-10-7-12(16(18)19)4-5-13(10)14-8-11(9-17)3-6-15(14)20-2/h3-8H,1-2H3,(H,18,19). The Labute approximate surface area is 116 Å². The number of methoxy groups -OCH3 is 1. The van der Waals surface area contributed by atoms with Gasteiger partial charge in [-0.05, 0) is 48.4 Å². The van der Waals surface area contributed by atoms with Crippen molar-refractivity contribution >= 4 is 5.97 Å². The maximum atomic E-state index is 11.0. The predicted octanol–water partition coefficient (Wildman–Crippen LogP) is 3.24. The van der Waals surface area contributed by atoms with Crippen LogP contribution in [-0.2, 0) is 0 Å². The Hall–Kier alpha value is -2.80. The second-order valence-electron chi connectivity index (χ2n) is 4.36. The van der Waals surface area contributed by atoms with Crippen LogP contribution in [0.25, 0.3) is 11.1 Å². The van der Waals surface area contributed by atoms with E-state index in [1.54, 1.807) is 43.5 Å². The molecule has 0 heterocycles. The Bertz CT molecular complexity index is 714. The van der Waals surface area contributed by atoms with Gasteiger partial charge in [0.1, 0.15) is 5.75 Å². The highest BCUT2D eigenvalue weighted by Gasteiger charge is 2.12. The number of nitrogens with zero attached hydrogens (tertiary/aromatic N) is 1. The lowest BCUT2D eigenvalue weighted by atomic mass is 9.96. The molecule has 2 aromatic rings. The van der Waals surface area contributed by atoms with Gasteiger partial charge in [-0.2, -0.15) is 5.26 Å². The van der Waals surface area contributed by atoms with E-state index in [1.807, 2.05) is 6.92 Å². The number of aryl methyl sites for hydroxylation is 1. The number of benzene rings is 2. The summed E-state index contributed by atoms with van der Waals surface area (Å²) < 4.78 is 5.31. The first-order valence-corrected chi connectivity index (χ1v) is 5.99. The van der Waals surface area contributed by atoms with Crippen molar-refractivity contribution in [2.24, 2.45) is 0 Å². The summed E-state index contributed by atoms with van der Waals surface area (Å²) in [6.45, 7) is 1.83. The van der Waals surface area contributed by atoms with E-state index in [4.69, 9.17) is 15.1 Å². The van der Waals surface area contributed by atoms with Gasteiger partial charge in [0.2, 0.25) is 0 Å². The van der Waals surface area contributed by atoms with Crippen molar-refractivity contribution in [2.45, 2.75) is 6.92 Å². The van der Waals surface area contributed by atoms with Crippen molar-refractivity contribution in [3.05, 3.63) is 53.1 Å². The van der Waals surface area contributed by atoms with Crippen LogP contribution in [0.1, 0.15) is 21.5 Å². The van der Waals surface area contributed by atoms with E-state index >= 15 is 0 Å². The van der Waals surface area contributed by atoms with E-state index in [2.05, 4.69) is 6.07 Å². The van der Waals surface area contributed by atoms with Crippen LogP contribution in [0.5, 0.6) is 5.75 Å². The van der Waals surface area contributed by atoms with Crippen LogP contribution < -0.4 is 4.74 Å². The second-order valence-corrected chi connectivity index (χ2v) is 4.36. The molecule has 100 valence electrons. The molecule has 0 saturated heterocycles. The molecular weight excluding hydrogens is 254 g/mol. The zero-order valence-corrected chi connectivity index (χ0v) is 11.2. The number of carboxylic acids is 1. The monoisotopic (exact) mass is 267 g/mol. The highest BCUT2D eigenvalue weighted by atomic mass is 16.5. The number of rotatable bonds is 3. The van der Waals surface area contributed by atoms with Gasteiger partial charge in [-0.25, -0.2) is 4.79 Å². The average Bonchev–Trinajstić information content (AvgIpc) is 2.46. The molecule has 4 heteroatoms. The molecule has 2 rings (SSSR count). The molecule has 0 unspecified atom stereocenters. The summed E-state index contributed by atoms with van der Waals surface area (Å²) >= 11 is 0. The molecule has 0 aliphatic rings. The molecular formula is C16H13NO3. The fraction of sp³-hybridized carbons (Fsp3) is 0.125. The molecule has 0 aromatic heterocycles. The van der Waals surface area contributed by atoms with Crippen LogP contribution in [0.2, 0.25) is 0 Å². The quantitative estimate of drug-likeness (QED) is 0.926. The minimum absolute atomic E-state index is 0.238. The Kier molecular flexibility index (Phi) is 3.72. The highest BCUT2D eigenvalue weighted by molar-refractivity contribution is 5.89. The van der Waals surface area contributed by atoms with Crippen molar-refractivity contribution < 1.29 is 14.6 Å². The number of carboxylic acid groups (broad SMARTS) is 1. The van der Waals surface area contributed by atoms with E-state index in [0.29, 0.717) is 11.3 Å². The summed E-state index contributed by atoms with van der Waals surface area (Å²) in [6, 6.07) is 12.1. The summed E-state index contributed by atoms with van der Waals surface area (Å²) in [7, 11) is 1.56. The molecule has 0 aliphatic heterocycles. The van der Waals surface area contributed by atoms with Gasteiger partial charge in [-0.15, -0.1) is 0 Å². The Balaban J connectivity index is 2.62. The summed E-state index contributed by atoms with van der Waals surface area (Å²) in [5.74, 6) is -0.312. The fourth-order valence-corrected chi connectivity index (χ4v) is 2.09. The lowest BCUT2D eigenvalue weighted by Gasteiger charge is -2.12. The zero-order valence-electron chi connectivity index (χ0n) is 11.2. The van der Waals surface area contributed by atoms with E-state index < -0.39 is 5.97 Å². The van der Waals surface area contributed by atoms with Gasteiger partial charge in [-0.1, -0.05) is 6.07 Å². The van der Waals surface area contributed by atoms with Crippen molar-refractivity contribution in [3.8, 4) is 22.9 Å². The second kappa shape index (κ2) is 5.45. The average molecular weight is 267 g/mol. The molecule has 0 fully saturated rings. The highest BCUT2D eigenvalue weighted by Crippen LogP contribution is 2.33. The molecule has 0 amide bonds. The maximum absolute atomic E-state index is 11.0. The van der Waals surface area contributed by atoms with Crippen LogP contribution in [-0.4, -0.2) is 18.2 Å². The van der Waals surface area contributed by atoms with E-state index in [1.165, 1.54) is 0 Å². The van der Waals surface area contributed by atoms with Gasteiger partial charge in [-0.3, -0.25) is 0 Å². The predicted molar refractivity (Wildman–Crippen MR) is 74.8 cm³/mol. The van der Waals surface area contributed by atoms with Crippen molar-refractivity contribution in [2.75, 3.05) is 7.11 Å². The Morgan fingerprint density at radius 3 is 2.50 bits per heavy atom. The third kappa shape index (κ3) is 2.47. The van der Waals surface area contributed by atoms with E-state index in [-0.39, 0.29) is 5.56 Å². The first-order chi connectivity index (χ1) is 9.56. The maximum Gasteiger partial charge on any atom is 0.335 e. The summed E-state index contributed by atoms with van der Waals surface area (Å²) in [5, 5.41) is 18.0. The number of ether oxygens (including phenoxy) is 1. The largest absolute Gasteiger partial charge is 0.496 e. The minimum Gasteiger partial charge on any atom is -0.496 e. The lowest BCUT2D eigenvalue weighted by molar-refractivity contribution is 0.0697. The lowest BCUT2D eigenvalue weighted by Crippen LogP contribution is -1.98. The molecule has 0 aliphatic carbocycles. The molecule has 1 N–H and O–H groups in total. The van der Waals surface area contributed by atoms with Crippen LogP contribution in [0.3, 0.4) is 0 Å². The first-order valence-electron chi connectivity index (χ1n) is 5.99. The van der Waals surface area contributed by atoms with Crippen molar-refractivity contribution in [1.29, 1.82) is 5.26 Å². The van der Waals surface area contributed by atoms with Crippen molar-refractivity contribution in [3.63, 3.8) is 0 Å². The third-order valence-electron chi connectivity index (χ3n) is 3.09. The Morgan fingerprint density at radius 2 is 1.95 bits per heavy atom. The summed E-state index contributed by atoms with van der Waals surface area (Å²) in [5.41, 5.74) is 3.22. The van der Waals surface area contributed by atoms with Crippen LogP contribution in [0.15, 0.2) is 36.4 Å². The molecule has 0 spiro atoms. The number of aromatic carboxylic acids is 1. The molecule has 0 saturated carbocycles. The van der Waals surface area contributed by atoms with Gasteiger partial charge in [0.05, 0.1) is 24.3 Å². The number of nitriles is 1. The molecule has 0 radical (unpaired) electrons. The van der Waals surface area contributed by atoms with E-state index in [9.17, 15) is 4.79 Å². The molecule has 2 aromatic carbocycles. The smallest absolute Gasteiger partial charge is 0.335 e. The summed E-state index contributed by atoms with van der Waals surface area (Å²) in [4.78, 5) is 11.0. The van der Waals surface area contributed by atoms with Crippen molar-refractivity contribution in [1.82, 2.24) is 0 Å². The van der Waals surface area contributed by atoms with Gasteiger partial charge in [0.15, 0.2) is 0 Å². The third-order valence-corrected chi connectivity index (χ3v) is 3.09. The van der Waals surface area contributed by atoms with Gasteiger partial charge in [0, 0.05) is 5.56 Å². The van der Waals surface area contributed by atoms with Gasteiger partial charge < -0.3 is 9.84 Å².